The lowest BCUT2D eigenvalue weighted by Gasteiger charge is -2.13. The zero-order chi connectivity index (χ0) is 20.3. The van der Waals surface area contributed by atoms with Gasteiger partial charge in [-0.3, -0.25) is 9.36 Å². The standard InChI is InChI=1S/C19H18F2N4O2S/c1-4-8-25-17(14-7-9-27-11(14)2)23-24-19(25)28-12(3)18(26)22-16-10-13(20)5-6-15(16)21/h4-7,9-10,12H,1,8H2,2-3H3,(H,22,26)/t12-/m1/s1. The number of nitrogens with one attached hydrogen (secondary N) is 1. The molecule has 0 aliphatic heterocycles. The van der Waals surface area contributed by atoms with E-state index in [1.54, 1.807) is 25.3 Å². The minimum atomic E-state index is -0.709. The van der Waals surface area contributed by atoms with Crippen LogP contribution < -0.4 is 5.32 Å². The van der Waals surface area contributed by atoms with E-state index < -0.39 is 22.8 Å². The van der Waals surface area contributed by atoms with Gasteiger partial charge < -0.3 is 9.73 Å². The van der Waals surface area contributed by atoms with E-state index in [0.29, 0.717) is 23.3 Å². The number of hydrogen-bond acceptors (Lipinski definition) is 5. The van der Waals surface area contributed by atoms with Crippen LogP contribution in [0.5, 0.6) is 0 Å². The van der Waals surface area contributed by atoms with Gasteiger partial charge in [-0.25, -0.2) is 8.78 Å². The number of carbonyl (C=O) groups excluding carboxylic acids is 1. The molecular formula is C19H18F2N4O2S. The second-order valence-corrected chi connectivity index (χ2v) is 7.28. The van der Waals surface area contributed by atoms with Gasteiger partial charge in [-0.1, -0.05) is 17.8 Å². The quantitative estimate of drug-likeness (QED) is 0.466. The van der Waals surface area contributed by atoms with Gasteiger partial charge in [0.2, 0.25) is 5.91 Å². The number of allylic oxidation sites excluding steroid dienone is 1. The summed E-state index contributed by atoms with van der Waals surface area (Å²) in [6, 6.07) is 4.67. The second-order valence-electron chi connectivity index (χ2n) is 5.97. The molecule has 0 saturated carbocycles. The Labute approximate surface area is 164 Å². The van der Waals surface area contributed by atoms with Crippen molar-refractivity contribution in [3.63, 3.8) is 0 Å². The first-order valence-electron chi connectivity index (χ1n) is 8.41. The number of amides is 1. The van der Waals surface area contributed by atoms with Gasteiger partial charge in [-0.05, 0) is 32.0 Å². The van der Waals surface area contributed by atoms with Crippen LogP contribution in [0, 0.1) is 18.6 Å². The Balaban J connectivity index is 1.80. The lowest BCUT2D eigenvalue weighted by molar-refractivity contribution is -0.115. The van der Waals surface area contributed by atoms with E-state index in [4.69, 9.17) is 4.42 Å². The molecule has 2 aromatic heterocycles. The number of nitrogens with zero attached hydrogens (tertiary/aromatic N) is 3. The summed E-state index contributed by atoms with van der Waals surface area (Å²) in [5.74, 6) is -0.537. The van der Waals surface area contributed by atoms with Crippen molar-refractivity contribution in [2.45, 2.75) is 30.8 Å². The first-order chi connectivity index (χ1) is 13.4. The fraction of sp³-hybridized carbons (Fsp3) is 0.211. The van der Waals surface area contributed by atoms with Crippen molar-refractivity contribution in [1.29, 1.82) is 0 Å². The number of anilines is 1. The van der Waals surface area contributed by atoms with Crippen molar-refractivity contribution in [1.82, 2.24) is 14.8 Å². The molecule has 146 valence electrons. The molecule has 9 heteroatoms. The normalized spacial score (nSPS) is 12.0. The third-order valence-corrected chi connectivity index (χ3v) is 5.05. The van der Waals surface area contributed by atoms with Crippen LogP contribution in [0.3, 0.4) is 0 Å². The summed E-state index contributed by atoms with van der Waals surface area (Å²) in [7, 11) is 0. The van der Waals surface area contributed by atoms with Gasteiger partial charge in [0.15, 0.2) is 11.0 Å². The lowest BCUT2D eigenvalue weighted by Crippen LogP contribution is -2.23. The smallest absolute Gasteiger partial charge is 0.237 e. The van der Waals surface area contributed by atoms with Crippen molar-refractivity contribution in [3.05, 3.63) is 60.6 Å². The van der Waals surface area contributed by atoms with Gasteiger partial charge in [0.25, 0.3) is 0 Å². The third kappa shape index (κ3) is 4.14. The maximum absolute atomic E-state index is 13.7. The molecule has 1 amide bonds. The van der Waals surface area contributed by atoms with Crippen molar-refractivity contribution in [3.8, 4) is 11.4 Å². The zero-order valence-corrected chi connectivity index (χ0v) is 16.1. The van der Waals surface area contributed by atoms with Gasteiger partial charge in [-0.2, -0.15) is 0 Å². The van der Waals surface area contributed by atoms with E-state index in [0.717, 1.165) is 35.5 Å². The predicted octanol–water partition coefficient (Wildman–Crippen LogP) is 4.43. The number of aryl methyl sites for hydroxylation is 1. The van der Waals surface area contributed by atoms with Crippen molar-refractivity contribution < 1.29 is 18.0 Å². The largest absolute Gasteiger partial charge is 0.469 e. The molecule has 1 aromatic carbocycles. The maximum atomic E-state index is 13.7. The molecule has 0 unspecified atom stereocenters. The Kier molecular flexibility index (Phi) is 5.93. The van der Waals surface area contributed by atoms with Crippen LogP contribution in [0.4, 0.5) is 14.5 Å². The molecule has 0 spiro atoms. The van der Waals surface area contributed by atoms with Crippen molar-refractivity contribution in [2.24, 2.45) is 0 Å². The van der Waals surface area contributed by atoms with Crippen LogP contribution in [0.25, 0.3) is 11.4 Å². The van der Waals surface area contributed by atoms with E-state index in [1.807, 2.05) is 11.5 Å². The Bertz CT molecular complexity index is 1020. The van der Waals surface area contributed by atoms with E-state index in [9.17, 15) is 13.6 Å². The topological polar surface area (TPSA) is 73.0 Å². The van der Waals surface area contributed by atoms with E-state index >= 15 is 0 Å². The Morgan fingerprint density at radius 2 is 2.18 bits per heavy atom. The molecule has 0 radical (unpaired) electrons. The van der Waals surface area contributed by atoms with Crippen molar-refractivity contribution >= 4 is 23.4 Å². The number of carbonyl (C=O) groups is 1. The summed E-state index contributed by atoms with van der Waals surface area (Å²) in [4.78, 5) is 12.4. The minimum Gasteiger partial charge on any atom is -0.469 e. The zero-order valence-electron chi connectivity index (χ0n) is 15.3. The highest BCUT2D eigenvalue weighted by molar-refractivity contribution is 8.00. The van der Waals surface area contributed by atoms with Crippen LogP contribution in [-0.4, -0.2) is 25.9 Å². The summed E-state index contributed by atoms with van der Waals surface area (Å²) in [5.41, 5.74) is 0.583. The number of rotatable bonds is 7. The van der Waals surface area contributed by atoms with E-state index in [1.165, 1.54) is 0 Å². The number of furan rings is 1. The van der Waals surface area contributed by atoms with Gasteiger partial charge in [0.1, 0.15) is 17.4 Å². The van der Waals surface area contributed by atoms with Crippen LogP contribution in [-0.2, 0) is 11.3 Å². The molecule has 28 heavy (non-hydrogen) atoms. The first kappa shape index (κ1) is 19.8. The highest BCUT2D eigenvalue weighted by Gasteiger charge is 2.22. The summed E-state index contributed by atoms with van der Waals surface area (Å²) < 4.78 is 34.2. The molecule has 0 fully saturated rings. The molecule has 6 nitrogen and oxygen atoms in total. The Morgan fingerprint density at radius 1 is 1.39 bits per heavy atom. The van der Waals surface area contributed by atoms with Gasteiger partial charge in [0, 0.05) is 12.6 Å². The number of hydrogen-bond donors (Lipinski definition) is 1. The molecule has 1 N–H and O–H groups in total. The summed E-state index contributed by atoms with van der Waals surface area (Å²) in [5, 5.41) is 10.6. The minimum absolute atomic E-state index is 0.209. The van der Waals surface area contributed by atoms with Gasteiger partial charge in [-0.15, -0.1) is 16.8 Å². The molecule has 0 aliphatic carbocycles. The summed E-state index contributed by atoms with van der Waals surface area (Å²) >= 11 is 1.15. The molecule has 2 heterocycles. The highest BCUT2D eigenvalue weighted by Crippen LogP contribution is 2.29. The summed E-state index contributed by atoms with van der Waals surface area (Å²) in [6.07, 6.45) is 3.26. The average Bonchev–Trinajstić information content (AvgIpc) is 3.24. The molecule has 3 rings (SSSR count). The van der Waals surface area contributed by atoms with E-state index in [-0.39, 0.29) is 5.69 Å². The van der Waals surface area contributed by atoms with Gasteiger partial charge in [0.05, 0.1) is 22.8 Å². The van der Waals surface area contributed by atoms with Crippen LogP contribution in [0.15, 0.2) is 52.8 Å². The Morgan fingerprint density at radius 3 is 2.86 bits per heavy atom. The number of aromatic nitrogens is 3. The number of thioether (sulfide) groups is 1. The highest BCUT2D eigenvalue weighted by atomic mass is 32.2. The monoisotopic (exact) mass is 404 g/mol. The molecule has 0 saturated heterocycles. The molecule has 0 aliphatic rings. The fourth-order valence-corrected chi connectivity index (χ4v) is 3.38. The van der Waals surface area contributed by atoms with Crippen molar-refractivity contribution in [2.75, 3.05) is 5.32 Å². The average molecular weight is 404 g/mol. The lowest BCUT2D eigenvalue weighted by atomic mass is 10.2. The molecular weight excluding hydrogens is 386 g/mol. The third-order valence-electron chi connectivity index (χ3n) is 3.97. The van der Waals surface area contributed by atoms with Gasteiger partial charge >= 0.3 is 0 Å². The summed E-state index contributed by atoms with van der Waals surface area (Å²) in [6.45, 7) is 7.64. The number of halogens is 2. The fourth-order valence-electron chi connectivity index (χ4n) is 2.53. The maximum Gasteiger partial charge on any atom is 0.237 e. The van der Waals surface area contributed by atoms with Crippen LogP contribution in [0.2, 0.25) is 0 Å². The molecule has 3 aromatic rings. The van der Waals surface area contributed by atoms with Crippen LogP contribution in [0.1, 0.15) is 12.7 Å². The first-order valence-corrected chi connectivity index (χ1v) is 9.29. The molecule has 0 bridgehead atoms. The number of benzene rings is 1. The molecule has 1 atom stereocenters. The predicted molar refractivity (Wildman–Crippen MR) is 103 cm³/mol. The van der Waals surface area contributed by atoms with Crippen LogP contribution >= 0.6 is 11.8 Å². The SMILES string of the molecule is C=CCn1c(S[C@H](C)C(=O)Nc2cc(F)ccc2F)nnc1-c1ccoc1C. The second kappa shape index (κ2) is 8.39. The Hall–Kier alpha value is -2.94. The van der Waals surface area contributed by atoms with E-state index in [2.05, 4.69) is 22.1 Å².